The van der Waals surface area contributed by atoms with Crippen LogP contribution in [0.5, 0.6) is 0 Å². The third-order valence-corrected chi connectivity index (χ3v) is 4.64. The summed E-state index contributed by atoms with van der Waals surface area (Å²) < 4.78 is 1.47. The first kappa shape index (κ1) is 17.7. The molecule has 2 amide bonds. The lowest BCUT2D eigenvalue weighted by Gasteiger charge is -2.26. The average molecular weight is 356 g/mol. The molecule has 0 bridgehead atoms. The fraction of sp³-hybridized carbons (Fsp3) is 0.333. The Morgan fingerprint density at radius 1 is 1.15 bits per heavy atom. The molecule has 8 nitrogen and oxygen atoms in total. The van der Waals surface area contributed by atoms with Gasteiger partial charge >= 0.3 is 5.97 Å². The van der Waals surface area contributed by atoms with E-state index in [2.05, 4.69) is 10.4 Å². The van der Waals surface area contributed by atoms with E-state index < -0.39 is 17.8 Å². The van der Waals surface area contributed by atoms with Gasteiger partial charge in [-0.05, 0) is 37.5 Å². The molecule has 4 N–H and O–H groups in total. The Morgan fingerprint density at radius 2 is 1.88 bits per heavy atom. The summed E-state index contributed by atoms with van der Waals surface area (Å²) in [4.78, 5) is 35.1. The summed E-state index contributed by atoms with van der Waals surface area (Å²) in [6.07, 6.45) is 3.94. The van der Waals surface area contributed by atoms with E-state index >= 15 is 0 Å². The number of carbonyl (C=O) groups is 3. The topological polar surface area (TPSA) is 127 Å². The highest BCUT2D eigenvalue weighted by Gasteiger charge is 2.31. The van der Waals surface area contributed by atoms with E-state index in [1.807, 2.05) is 0 Å². The number of aliphatic carboxylic acids is 1. The number of para-hydroxylation sites is 2. The van der Waals surface area contributed by atoms with Crippen molar-refractivity contribution in [3.05, 3.63) is 42.2 Å². The van der Waals surface area contributed by atoms with Crippen LogP contribution in [0.4, 0.5) is 5.69 Å². The normalized spacial score (nSPS) is 19.7. The van der Waals surface area contributed by atoms with Crippen LogP contribution in [0.25, 0.3) is 5.69 Å². The zero-order valence-corrected chi connectivity index (χ0v) is 14.1. The van der Waals surface area contributed by atoms with Crippen LogP contribution >= 0.6 is 0 Å². The second-order valence-corrected chi connectivity index (χ2v) is 6.41. The van der Waals surface area contributed by atoms with Gasteiger partial charge in [0.2, 0.25) is 5.91 Å². The molecule has 1 fully saturated rings. The lowest BCUT2D eigenvalue weighted by molar-refractivity contribution is -0.143. The number of hydrogen-bond donors (Lipinski definition) is 3. The first-order valence-electron chi connectivity index (χ1n) is 8.44. The Kier molecular flexibility index (Phi) is 5.01. The van der Waals surface area contributed by atoms with Crippen LogP contribution in [0.1, 0.15) is 36.2 Å². The number of nitrogens with zero attached hydrogens (tertiary/aromatic N) is 2. The van der Waals surface area contributed by atoms with Crippen molar-refractivity contribution in [3.63, 3.8) is 0 Å². The Morgan fingerprint density at radius 3 is 2.58 bits per heavy atom. The van der Waals surface area contributed by atoms with E-state index in [4.69, 9.17) is 5.73 Å². The first-order chi connectivity index (χ1) is 12.5. The van der Waals surface area contributed by atoms with Crippen molar-refractivity contribution in [1.29, 1.82) is 0 Å². The summed E-state index contributed by atoms with van der Waals surface area (Å²) in [6.45, 7) is 0. The Labute approximate surface area is 150 Å². The van der Waals surface area contributed by atoms with Crippen molar-refractivity contribution in [3.8, 4) is 5.69 Å². The largest absolute Gasteiger partial charge is 0.481 e. The maximum Gasteiger partial charge on any atom is 0.306 e. The molecule has 2 unspecified atom stereocenters. The molecular formula is C18H20N4O4. The van der Waals surface area contributed by atoms with E-state index in [0.29, 0.717) is 30.6 Å². The molecular weight excluding hydrogens is 336 g/mol. The van der Waals surface area contributed by atoms with Gasteiger partial charge in [-0.25, -0.2) is 4.68 Å². The van der Waals surface area contributed by atoms with Crippen LogP contribution < -0.4 is 11.1 Å². The van der Waals surface area contributed by atoms with Gasteiger partial charge in [0.15, 0.2) is 0 Å². The lowest BCUT2D eigenvalue weighted by atomic mass is 9.81. The quantitative estimate of drug-likeness (QED) is 0.753. The molecule has 2 aromatic rings. The van der Waals surface area contributed by atoms with E-state index in [1.54, 1.807) is 30.5 Å². The fourth-order valence-corrected chi connectivity index (χ4v) is 3.26. The molecule has 26 heavy (non-hydrogen) atoms. The summed E-state index contributed by atoms with van der Waals surface area (Å²) in [6, 6.07) is 8.56. The number of nitrogens with one attached hydrogen (secondary N) is 1. The maximum absolute atomic E-state index is 12.6. The van der Waals surface area contributed by atoms with Crippen LogP contribution in [0.3, 0.4) is 0 Å². The number of rotatable bonds is 5. The lowest BCUT2D eigenvalue weighted by Crippen LogP contribution is -2.31. The molecule has 1 saturated carbocycles. The van der Waals surface area contributed by atoms with Crippen LogP contribution in [-0.4, -0.2) is 32.7 Å². The predicted molar refractivity (Wildman–Crippen MR) is 93.8 cm³/mol. The minimum absolute atomic E-state index is 0.128. The zero-order valence-electron chi connectivity index (χ0n) is 14.1. The van der Waals surface area contributed by atoms with Gasteiger partial charge in [-0.2, -0.15) is 5.10 Å². The van der Waals surface area contributed by atoms with E-state index in [1.165, 1.54) is 10.7 Å². The van der Waals surface area contributed by atoms with Crippen molar-refractivity contribution in [1.82, 2.24) is 9.78 Å². The minimum atomic E-state index is -0.849. The SMILES string of the molecule is NC(=O)c1ccn(-c2ccccc2NC(=O)C2CCCC(C(=O)O)C2)n1. The molecule has 3 rings (SSSR count). The number of nitrogens with two attached hydrogens (primary N) is 1. The van der Waals surface area contributed by atoms with Gasteiger partial charge in [0.1, 0.15) is 5.69 Å². The number of amides is 2. The minimum Gasteiger partial charge on any atom is -0.481 e. The van der Waals surface area contributed by atoms with Gasteiger partial charge in [0, 0.05) is 12.1 Å². The number of carbonyl (C=O) groups excluding carboxylic acids is 2. The second-order valence-electron chi connectivity index (χ2n) is 6.41. The third kappa shape index (κ3) is 3.74. The van der Waals surface area contributed by atoms with Crippen molar-refractivity contribution >= 4 is 23.5 Å². The number of primary amides is 1. The average Bonchev–Trinajstić information content (AvgIpc) is 3.12. The summed E-state index contributed by atoms with van der Waals surface area (Å²) in [7, 11) is 0. The zero-order chi connectivity index (χ0) is 18.7. The number of benzene rings is 1. The summed E-state index contributed by atoms with van der Waals surface area (Å²) >= 11 is 0. The number of hydrogen-bond acceptors (Lipinski definition) is 4. The molecule has 8 heteroatoms. The van der Waals surface area contributed by atoms with Crippen molar-refractivity contribution in [2.24, 2.45) is 17.6 Å². The molecule has 1 aromatic heterocycles. The molecule has 136 valence electrons. The van der Waals surface area contributed by atoms with Crippen LogP contribution in [0.2, 0.25) is 0 Å². The van der Waals surface area contributed by atoms with Crippen LogP contribution in [-0.2, 0) is 9.59 Å². The Balaban J connectivity index is 1.78. The predicted octanol–water partition coefficient (Wildman–Crippen LogP) is 1.80. The van der Waals surface area contributed by atoms with Crippen LogP contribution in [0.15, 0.2) is 36.5 Å². The van der Waals surface area contributed by atoms with E-state index in [0.717, 1.165) is 6.42 Å². The molecule has 0 saturated heterocycles. The van der Waals surface area contributed by atoms with Crippen molar-refractivity contribution < 1.29 is 19.5 Å². The molecule has 0 radical (unpaired) electrons. The molecule has 0 aliphatic heterocycles. The second kappa shape index (κ2) is 7.38. The molecule has 1 aliphatic carbocycles. The smallest absolute Gasteiger partial charge is 0.306 e. The van der Waals surface area contributed by atoms with Gasteiger partial charge < -0.3 is 16.2 Å². The number of carboxylic acid groups (broad SMARTS) is 1. The molecule has 1 aliphatic rings. The summed E-state index contributed by atoms with van der Waals surface area (Å²) in [5.74, 6) is -2.49. The standard InChI is InChI=1S/C18H20N4O4/c19-16(23)14-8-9-22(21-14)15-7-2-1-6-13(15)20-17(24)11-4-3-5-12(10-11)18(25)26/h1-2,6-9,11-12H,3-5,10H2,(H2,19,23)(H,20,24)(H,25,26). The summed E-state index contributed by atoms with van der Waals surface area (Å²) in [5.41, 5.74) is 6.49. The van der Waals surface area contributed by atoms with Gasteiger partial charge in [-0.15, -0.1) is 0 Å². The van der Waals surface area contributed by atoms with E-state index in [-0.39, 0.29) is 17.5 Å². The van der Waals surface area contributed by atoms with E-state index in [9.17, 15) is 19.5 Å². The maximum atomic E-state index is 12.6. The number of aromatic nitrogens is 2. The van der Waals surface area contributed by atoms with Gasteiger partial charge in [0.25, 0.3) is 5.91 Å². The number of carboxylic acids is 1. The van der Waals surface area contributed by atoms with Gasteiger partial charge in [0.05, 0.1) is 17.3 Å². The molecule has 1 heterocycles. The summed E-state index contributed by atoms with van der Waals surface area (Å²) in [5, 5.41) is 16.2. The molecule has 1 aromatic carbocycles. The third-order valence-electron chi connectivity index (χ3n) is 4.64. The van der Waals surface area contributed by atoms with Crippen LogP contribution in [0, 0.1) is 11.8 Å². The Bertz CT molecular complexity index is 845. The van der Waals surface area contributed by atoms with Gasteiger partial charge in [-0.3, -0.25) is 14.4 Å². The van der Waals surface area contributed by atoms with Crippen molar-refractivity contribution in [2.75, 3.05) is 5.32 Å². The molecule has 2 atom stereocenters. The van der Waals surface area contributed by atoms with Gasteiger partial charge in [-0.1, -0.05) is 18.6 Å². The highest BCUT2D eigenvalue weighted by molar-refractivity contribution is 5.95. The first-order valence-corrected chi connectivity index (χ1v) is 8.44. The highest BCUT2D eigenvalue weighted by Crippen LogP contribution is 2.31. The fourth-order valence-electron chi connectivity index (χ4n) is 3.26. The number of anilines is 1. The monoisotopic (exact) mass is 356 g/mol. The highest BCUT2D eigenvalue weighted by atomic mass is 16.4. The Hall–Kier alpha value is -3.16. The molecule has 0 spiro atoms. The van der Waals surface area contributed by atoms with Crippen molar-refractivity contribution in [2.45, 2.75) is 25.7 Å².